The quantitative estimate of drug-likeness (QED) is 0.702. The molecule has 0 bridgehead atoms. The molecule has 5 nitrogen and oxygen atoms in total. The molecule has 0 aliphatic rings. The minimum Gasteiger partial charge on any atom is -0.493 e. The summed E-state index contributed by atoms with van der Waals surface area (Å²) in [7, 11) is 3.17. The zero-order valence-electron chi connectivity index (χ0n) is 12.3. The van der Waals surface area contributed by atoms with Gasteiger partial charge >= 0.3 is 0 Å². The molecule has 1 N–H and O–H groups in total. The molecular weight excluding hydrogens is 256 g/mol. The van der Waals surface area contributed by atoms with E-state index < -0.39 is 0 Å². The molecule has 0 aliphatic carbocycles. The Morgan fingerprint density at radius 3 is 2.60 bits per heavy atom. The molecule has 0 aliphatic heterocycles. The van der Waals surface area contributed by atoms with Gasteiger partial charge < -0.3 is 14.2 Å². The molecule has 1 rings (SSSR count). The molecule has 0 spiro atoms. The number of hydrogen-bond acceptors (Lipinski definition) is 5. The molecular formula is C15H22N2O3. The van der Waals surface area contributed by atoms with Gasteiger partial charge in [0.2, 0.25) is 0 Å². The predicted octanol–water partition coefficient (Wildman–Crippen LogP) is 2.28. The maximum atomic E-state index is 9.26. The maximum Gasteiger partial charge on any atom is 0.161 e. The van der Waals surface area contributed by atoms with Gasteiger partial charge in [0.1, 0.15) is 6.04 Å². The van der Waals surface area contributed by atoms with E-state index in [4.69, 9.17) is 14.2 Å². The lowest BCUT2D eigenvalue weighted by atomic mass is 10.1. The van der Waals surface area contributed by atoms with Gasteiger partial charge in [-0.2, -0.15) is 5.26 Å². The fourth-order valence-corrected chi connectivity index (χ4v) is 1.84. The van der Waals surface area contributed by atoms with Crippen LogP contribution in [0.25, 0.3) is 0 Å². The van der Waals surface area contributed by atoms with Gasteiger partial charge in [0.25, 0.3) is 0 Å². The van der Waals surface area contributed by atoms with E-state index >= 15 is 0 Å². The molecule has 20 heavy (non-hydrogen) atoms. The van der Waals surface area contributed by atoms with Crippen LogP contribution in [0, 0.1) is 11.3 Å². The Hall–Kier alpha value is -1.77. The fraction of sp³-hybridized carbons (Fsp3) is 0.533. The van der Waals surface area contributed by atoms with Crippen LogP contribution in [0.3, 0.4) is 0 Å². The van der Waals surface area contributed by atoms with Gasteiger partial charge in [0, 0.05) is 13.2 Å². The van der Waals surface area contributed by atoms with Crippen molar-refractivity contribution in [2.75, 3.05) is 34.0 Å². The van der Waals surface area contributed by atoms with Gasteiger partial charge in [-0.1, -0.05) is 6.07 Å². The van der Waals surface area contributed by atoms with Gasteiger partial charge in [0.15, 0.2) is 11.5 Å². The highest BCUT2D eigenvalue weighted by atomic mass is 16.5. The van der Waals surface area contributed by atoms with E-state index in [0.717, 1.165) is 25.1 Å². The van der Waals surface area contributed by atoms with Gasteiger partial charge in [0.05, 0.1) is 20.3 Å². The van der Waals surface area contributed by atoms with Crippen LogP contribution < -0.4 is 14.8 Å². The summed E-state index contributed by atoms with van der Waals surface area (Å²) >= 11 is 0. The van der Waals surface area contributed by atoms with Crippen molar-refractivity contribution >= 4 is 0 Å². The number of methoxy groups -OCH3 is 2. The van der Waals surface area contributed by atoms with Crippen LogP contribution in [-0.2, 0) is 4.74 Å². The Balaban J connectivity index is 2.63. The second-order valence-electron chi connectivity index (χ2n) is 4.18. The van der Waals surface area contributed by atoms with E-state index in [9.17, 15) is 5.26 Å². The van der Waals surface area contributed by atoms with E-state index in [1.54, 1.807) is 20.3 Å². The summed E-state index contributed by atoms with van der Waals surface area (Å²) in [5.41, 5.74) is 0.863. The standard InChI is InChI=1S/C15H22N2O3/c1-4-20-9-5-8-17-13(11-16)12-6-7-14(18-2)15(10-12)19-3/h6-7,10,13,17H,4-5,8-9H2,1-3H3. The molecule has 1 atom stereocenters. The minimum absolute atomic E-state index is 0.364. The Bertz CT molecular complexity index is 443. The molecule has 1 aromatic rings. The van der Waals surface area contributed by atoms with Crippen LogP contribution >= 0.6 is 0 Å². The van der Waals surface area contributed by atoms with Crippen LogP contribution in [0.4, 0.5) is 0 Å². The molecule has 1 unspecified atom stereocenters. The highest BCUT2D eigenvalue weighted by Gasteiger charge is 2.12. The van der Waals surface area contributed by atoms with E-state index in [1.807, 2.05) is 19.1 Å². The number of rotatable bonds is 9. The van der Waals surface area contributed by atoms with Gasteiger partial charge in [-0.15, -0.1) is 0 Å². The summed E-state index contributed by atoms with van der Waals surface area (Å²) in [5, 5.41) is 12.5. The molecule has 5 heteroatoms. The van der Waals surface area contributed by atoms with Gasteiger partial charge in [-0.3, -0.25) is 5.32 Å². The highest BCUT2D eigenvalue weighted by molar-refractivity contribution is 5.44. The summed E-state index contributed by atoms with van der Waals surface area (Å²) in [5.74, 6) is 1.28. The maximum absolute atomic E-state index is 9.26. The van der Waals surface area contributed by atoms with Crippen molar-refractivity contribution in [3.63, 3.8) is 0 Å². The first-order valence-corrected chi connectivity index (χ1v) is 6.69. The molecule has 0 fully saturated rings. The lowest BCUT2D eigenvalue weighted by Gasteiger charge is -2.14. The van der Waals surface area contributed by atoms with E-state index in [2.05, 4.69) is 11.4 Å². The topological polar surface area (TPSA) is 63.5 Å². The summed E-state index contributed by atoms with van der Waals surface area (Å²) in [4.78, 5) is 0. The molecule has 0 radical (unpaired) electrons. The SMILES string of the molecule is CCOCCCNC(C#N)c1ccc(OC)c(OC)c1. The Labute approximate surface area is 120 Å². The average molecular weight is 278 g/mol. The molecule has 110 valence electrons. The second-order valence-corrected chi connectivity index (χ2v) is 4.18. The Morgan fingerprint density at radius 1 is 1.25 bits per heavy atom. The summed E-state index contributed by atoms with van der Waals surface area (Å²) in [6.45, 7) is 4.12. The zero-order chi connectivity index (χ0) is 14.8. The van der Waals surface area contributed by atoms with Gasteiger partial charge in [-0.25, -0.2) is 0 Å². The first-order valence-electron chi connectivity index (χ1n) is 6.69. The fourth-order valence-electron chi connectivity index (χ4n) is 1.84. The van der Waals surface area contributed by atoms with Crippen molar-refractivity contribution in [1.82, 2.24) is 5.32 Å². The molecule has 1 aromatic carbocycles. The van der Waals surface area contributed by atoms with Crippen molar-refractivity contribution < 1.29 is 14.2 Å². The van der Waals surface area contributed by atoms with Crippen molar-refractivity contribution in [1.29, 1.82) is 5.26 Å². The molecule has 0 amide bonds. The second kappa shape index (κ2) is 9.18. The van der Waals surface area contributed by atoms with Crippen molar-refractivity contribution in [2.24, 2.45) is 0 Å². The summed E-state index contributed by atoms with van der Waals surface area (Å²) < 4.78 is 15.7. The third-order valence-corrected chi connectivity index (χ3v) is 2.89. The predicted molar refractivity (Wildman–Crippen MR) is 77.0 cm³/mol. The third kappa shape index (κ3) is 4.72. The molecule has 0 saturated carbocycles. The lowest BCUT2D eigenvalue weighted by Crippen LogP contribution is -2.22. The largest absolute Gasteiger partial charge is 0.493 e. The summed E-state index contributed by atoms with van der Waals surface area (Å²) in [6.07, 6.45) is 0.874. The van der Waals surface area contributed by atoms with Crippen molar-refractivity contribution in [3.05, 3.63) is 23.8 Å². The van der Waals surface area contributed by atoms with Crippen LogP contribution in [0.1, 0.15) is 24.9 Å². The monoisotopic (exact) mass is 278 g/mol. The first kappa shape index (κ1) is 16.3. The Morgan fingerprint density at radius 2 is 2.00 bits per heavy atom. The molecule has 0 saturated heterocycles. The highest BCUT2D eigenvalue weighted by Crippen LogP contribution is 2.29. The smallest absolute Gasteiger partial charge is 0.161 e. The van der Waals surface area contributed by atoms with Crippen molar-refractivity contribution in [2.45, 2.75) is 19.4 Å². The number of ether oxygens (including phenoxy) is 3. The number of hydrogen-bond donors (Lipinski definition) is 1. The third-order valence-electron chi connectivity index (χ3n) is 2.89. The number of nitrogens with zero attached hydrogens (tertiary/aromatic N) is 1. The first-order chi connectivity index (χ1) is 9.76. The summed E-state index contributed by atoms with van der Waals surface area (Å²) in [6, 6.07) is 7.38. The van der Waals surface area contributed by atoms with Crippen LogP contribution in [0.15, 0.2) is 18.2 Å². The van der Waals surface area contributed by atoms with Crippen LogP contribution in [0.5, 0.6) is 11.5 Å². The Kier molecular flexibility index (Phi) is 7.48. The zero-order valence-corrected chi connectivity index (χ0v) is 12.3. The van der Waals surface area contributed by atoms with E-state index in [1.165, 1.54) is 0 Å². The number of benzene rings is 1. The van der Waals surface area contributed by atoms with E-state index in [-0.39, 0.29) is 6.04 Å². The number of nitrogens with one attached hydrogen (secondary N) is 1. The van der Waals surface area contributed by atoms with Gasteiger partial charge in [-0.05, 0) is 37.6 Å². The molecule has 0 heterocycles. The van der Waals surface area contributed by atoms with Crippen molar-refractivity contribution in [3.8, 4) is 17.6 Å². The normalized spacial score (nSPS) is 11.7. The average Bonchev–Trinajstić information content (AvgIpc) is 2.50. The van der Waals surface area contributed by atoms with E-state index in [0.29, 0.717) is 18.1 Å². The molecule has 0 aromatic heterocycles. The number of nitriles is 1. The van der Waals surface area contributed by atoms with Crippen LogP contribution in [-0.4, -0.2) is 34.0 Å². The van der Waals surface area contributed by atoms with Crippen LogP contribution in [0.2, 0.25) is 0 Å². The lowest BCUT2D eigenvalue weighted by molar-refractivity contribution is 0.144. The minimum atomic E-state index is -0.364.